The van der Waals surface area contributed by atoms with Crippen molar-refractivity contribution in [1.29, 1.82) is 0 Å². The molecule has 5 nitrogen and oxygen atoms in total. The molecular weight excluding hydrogens is 326 g/mol. The molecule has 0 fully saturated rings. The van der Waals surface area contributed by atoms with Crippen molar-refractivity contribution in [2.45, 2.75) is 6.42 Å². The number of nitrogens with one attached hydrogen (secondary N) is 2. The average Bonchev–Trinajstić information content (AvgIpc) is 3.04. The summed E-state index contributed by atoms with van der Waals surface area (Å²) in [6.07, 6.45) is 1.16. The number of carbonyl (C=O) groups is 1. The van der Waals surface area contributed by atoms with Crippen LogP contribution < -0.4 is 5.32 Å². The number of hydrogen-bond acceptors (Lipinski definition) is 2. The number of rotatable bonds is 5. The molecule has 0 spiro atoms. The molecule has 0 atom stereocenters. The van der Waals surface area contributed by atoms with Crippen LogP contribution in [0.5, 0.6) is 0 Å². The Hall–Kier alpha value is -2.79. The quantitative estimate of drug-likeness (QED) is 0.650. The Morgan fingerprint density at radius 2 is 1.96 bits per heavy atom. The Balaban J connectivity index is 1.78. The summed E-state index contributed by atoms with van der Waals surface area (Å²) in [7, 11) is 0. The molecule has 1 heterocycles. The molecule has 122 valence electrons. The minimum atomic E-state index is -1.04. The summed E-state index contributed by atoms with van der Waals surface area (Å²) < 4.78 is 0. The zero-order valence-corrected chi connectivity index (χ0v) is 13.5. The average molecular weight is 342 g/mol. The lowest BCUT2D eigenvalue weighted by Gasteiger charge is -2.06. The monoisotopic (exact) mass is 341 g/mol. The predicted octanol–water partition coefficient (Wildman–Crippen LogP) is 4.21. The van der Waals surface area contributed by atoms with Crippen LogP contribution in [0.2, 0.25) is 5.02 Å². The van der Waals surface area contributed by atoms with Gasteiger partial charge in [0.2, 0.25) is 0 Å². The zero-order valence-electron chi connectivity index (χ0n) is 12.8. The van der Waals surface area contributed by atoms with Gasteiger partial charge in [-0.1, -0.05) is 54.1 Å². The first-order valence-electron chi connectivity index (χ1n) is 7.49. The number of H-pyrrole nitrogens is 1. The van der Waals surface area contributed by atoms with Crippen LogP contribution in [0.25, 0.3) is 22.4 Å². The van der Waals surface area contributed by atoms with Gasteiger partial charge in [-0.2, -0.15) is 0 Å². The van der Waals surface area contributed by atoms with E-state index in [9.17, 15) is 4.79 Å². The molecule has 0 saturated carbocycles. The fraction of sp³-hybridized carbons (Fsp3) is 0.111. The van der Waals surface area contributed by atoms with Crippen molar-refractivity contribution in [1.82, 2.24) is 15.3 Å². The number of imidazole rings is 1. The number of halogens is 1. The van der Waals surface area contributed by atoms with E-state index in [1.165, 1.54) is 0 Å². The summed E-state index contributed by atoms with van der Waals surface area (Å²) in [6.45, 7) is 0.308. The lowest BCUT2D eigenvalue weighted by molar-refractivity contribution is 0.194. The van der Waals surface area contributed by atoms with Gasteiger partial charge in [0.25, 0.3) is 0 Å². The maximum atomic E-state index is 10.5. The number of hydrogen-bond donors (Lipinski definition) is 3. The number of aromatic nitrogens is 2. The lowest BCUT2D eigenvalue weighted by atomic mass is 10.0. The Kier molecular flexibility index (Phi) is 4.82. The fourth-order valence-corrected chi connectivity index (χ4v) is 2.74. The van der Waals surface area contributed by atoms with Gasteiger partial charge in [-0.05, 0) is 17.2 Å². The second kappa shape index (κ2) is 7.19. The largest absolute Gasteiger partial charge is 0.465 e. The van der Waals surface area contributed by atoms with E-state index in [4.69, 9.17) is 16.7 Å². The van der Waals surface area contributed by atoms with Crippen LogP contribution in [0.3, 0.4) is 0 Å². The van der Waals surface area contributed by atoms with E-state index < -0.39 is 6.09 Å². The molecule has 0 unspecified atom stereocenters. The van der Waals surface area contributed by atoms with E-state index in [2.05, 4.69) is 15.3 Å². The van der Waals surface area contributed by atoms with Gasteiger partial charge >= 0.3 is 6.09 Å². The summed E-state index contributed by atoms with van der Waals surface area (Å²) in [6, 6.07) is 15.9. The van der Waals surface area contributed by atoms with Crippen molar-refractivity contribution in [2.75, 3.05) is 6.54 Å². The molecule has 3 N–H and O–H groups in total. The summed E-state index contributed by atoms with van der Waals surface area (Å²) in [5.41, 5.74) is 3.83. The number of benzene rings is 2. The van der Waals surface area contributed by atoms with Gasteiger partial charge in [0.15, 0.2) is 0 Å². The molecule has 3 rings (SSSR count). The Morgan fingerprint density at radius 3 is 2.67 bits per heavy atom. The van der Waals surface area contributed by atoms with E-state index in [0.29, 0.717) is 23.8 Å². The molecule has 0 radical (unpaired) electrons. The van der Waals surface area contributed by atoms with Crippen LogP contribution in [0, 0.1) is 0 Å². The summed E-state index contributed by atoms with van der Waals surface area (Å²) in [4.78, 5) is 17.9. The normalized spacial score (nSPS) is 10.5. The Bertz CT molecular complexity index is 846. The minimum absolute atomic E-state index is 0.308. The first-order chi connectivity index (χ1) is 11.6. The summed E-state index contributed by atoms with van der Waals surface area (Å²) >= 11 is 6.43. The van der Waals surface area contributed by atoms with E-state index in [0.717, 1.165) is 22.4 Å². The molecule has 24 heavy (non-hydrogen) atoms. The van der Waals surface area contributed by atoms with Crippen LogP contribution in [0.15, 0.2) is 54.7 Å². The standard InChI is InChI=1S/C18H16ClN3O2/c19-15-10-13(12-4-2-1-3-5-12)6-7-14(15)16-11-21-17(22-16)8-9-20-18(23)24/h1-7,10-11,20H,8-9H2,(H,21,22)(H,23,24). The molecule has 0 bridgehead atoms. The second-order valence-electron chi connectivity index (χ2n) is 5.29. The minimum Gasteiger partial charge on any atom is -0.465 e. The number of amides is 1. The first kappa shape index (κ1) is 16.1. The third kappa shape index (κ3) is 3.75. The fourth-order valence-electron chi connectivity index (χ4n) is 2.46. The van der Waals surface area contributed by atoms with E-state index in [-0.39, 0.29) is 0 Å². The van der Waals surface area contributed by atoms with Crippen LogP contribution in [-0.2, 0) is 6.42 Å². The molecule has 1 aromatic heterocycles. The zero-order chi connectivity index (χ0) is 16.9. The molecule has 0 aliphatic heterocycles. The number of aromatic amines is 1. The van der Waals surface area contributed by atoms with Gasteiger partial charge in [0.05, 0.1) is 16.9 Å². The maximum Gasteiger partial charge on any atom is 0.404 e. The molecule has 2 aromatic carbocycles. The predicted molar refractivity (Wildman–Crippen MR) is 94.2 cm³/mol. The SMILES string of the molecule is O=C(O)NCCc1ncc(-c2ccc(-c3ccccc3)cc2Cl)[nH]1. The smallest absolute Gasteiger partial charge is 0.404 e. The highest BCUT2D eigenvalue weighted by atomic mass is 35.5. The van der Waals surface area contributed by atoms with Crippen molar-refractivity contribution in [3.8, 4) is 22.4 Å². The molecule has 1 amide bonds. The maximum absolute atomic E-state index is 10.5. The highest BCUT2D eigenvalue weighted by Crippen LogP contribution is 2.31. The highest BCUT2D eigenvalue weighted by Gasteiger charge is 2.09. The molecule has 3 aromatic rings. The number of carboxylic acid groups (broad SMARTS) is 1. The van der Waals surface area contributed by atoms with Gasteiger partial charge in [-0.15, -0.1) is 0 Å². The van der Waals surface area contributed by atoms with Gasteiger partial charge in [0, 0.05) is 18.5 Å². The third-order valence-corrected chi connectivity index (χ3v) is 3.95. The van der Waals surface area contributed by atoms with Gasteiger partial charge in [0.1, 0.15) is 5.82 Å². The van der Waals surface area contributed by atoms with Crippen molar-refractivity contribution >= 4 is 17.7 Å². The number of nitrogens with zero attached hydrogens (tertiary/aromatic N) is 1. The topological polar surface area (TPSA) is 78.0 Å². The lowest BCUT2D eigenvalue weighted by Crippen LogP contribution is -2.23. The van der Waals surface area contributed by atoms with E-state index >= 15 is 0 Å². The summed E-state index contributed by atoms with van der Waals surface area (Å²) in [5, 5.41) is 11.5. The van der Waals surface area contributed by atoms with Crippen molar-refractivity contribution in [2.24, 2.45) is 0 Å². The van der Waals surface area contributed by atoms with E-state index in [1.807, 2.05) is 48.5 Å². The van der Waals surface area contributed by atoms with Crippen LogP contribution in [-0.4, -0.2) is 27.7 Å². The van der Waals surface area contributed by atoms with Gasteiger partial charge < -0.3 is 15.4 Å². The molecule has 6 heteroatoms. The summed E-state index contributed by atoms with van der Waals surface area (Å²) in [5.74, 6) is 0.710. The van der Waals surface area contributed by atoms with Crippen molar-refractivity contribution < 1.29 is 9.90 Å². The molecule has 0 aliphatic carbocycles. The van der Waals surface area contributed by atoms with Gasteiger partial charge in [-0.3, -0.25) is 0 Å². The van der Waals surface area contributed by atoms with Crippen LogP contribution in [0.1, 0.15) is 5.82 Å². The second-order valence-corrected chi connectivity index (χ2v) is 5.69. The van der Waals surface area contributed by atoms with Crippen molar-refractivity contribution in [3.63, 3.8) is 0 Å². The highest BCUT2D eigenvalue weighted by molar-refractivity contribution is 6.33. The third-order valence-electron chi connectivity index (χ3n) is 3.63. The van der Waals surface area contributed by atoms with E-state index in [1.54, 1.807) is 6.20 Å². The van der Waals surface area contributed by atoms with Gasteiger partial charge in [-0.25, -0.2) is 9.78 Å². The molecule has 0 saturated heterocycles. The van der Waals surface area contributed by atoms with Crippen molar-refractivity contribution in [3.05, 3.63) is 65.6 Å². The Labute approximate surface area is 144 Å². The Morgan fingerprint density at radius 1 is 1.17 bits per heavy atom. The molecular formula is C18H16ClN3O2. The van der Waals surface area contributed by atoms with Crippen LogP contribution in [0.4, 0.5) is 4.79 Å². The van der Waals surface area contributed by atoms with Crippen LogP contribution >= 0.6 is 11.6 Å². The first-order valence-corrected chi connectivity index (χ1v) is 7.87. The molecule has 0 aliphatic rings.